The van der Waals surface area contributed by atoms with E-state index in [4.69, 9.17) is 5.26 Å². The van der Waals surface area contributed by atoms with Crippen LogP contribution in [0.25, 0.3) is 0 Å². The molecule has 0 radical (unpaired) electrons. The number of carbonyl (C=O) groups is 2. The number of rotatable bonds is 5. The number of carbonyl (C=O) groups excluding carboxylic acids is 2. The second-order valence-electron chi connectivity index (χ2n) is 9.08. The van der Waals surface area contributed by atoms with Crippen molar-refractivity contribution in [3.63, 3.8) is 0 Å². The number of phenols is 1. The number of benzene rings is 2. The molecule has 6 nitrogen and oxygen atoms in total. The van der Waals surface area contributed by atoms with E-state index in [9.17, 15) is 14.7 Å². The number of anilines is 1. The Morgan fingerprint density at radius 1 is 1.06 bits per heavy atom. The summed E-state index contributed by atoms with van der Waals surface area (Å²) in [6.07, 6.45) is 5.39. The highest BCUT2D eigenvalue weighted by Gasteiger charge is 2.51. The molecule has 2 aromatic carbocycles. The Morgan fingerprint density at radius 2 is 1.81 bits per heavy atom. The summed E-state index contributed by atoms with van der Waals surface area (Å²) in [6, 6.07) is 16.7. The average molecular weight is 430 g/mol. The number of amides is 2. The molecule has 0 aromatic heterocycles. The lowest BCUT2D eigenvalue weighted by Crippen LogP contribution is -2.52. The van der Waals surface area contributed by atoms with Crippen LogP contribution in [0.4, 0.5) is 5.69 Å². The predicted molar refractivity (Wildman–Crippen MR) is 120 cm³/mol. The number of hydrogen-bond donors (Lipinski definition) is 1. The van der Waals surface area contributed by atoms with Crippen molar-refractivity contribution in [3.8, 4) is 11.8 Å². The normalized spacial score (nSPS) is 23.7. The van der Waals surface area contributed by atoms with Crippen molar-refractivity contribution in [2.75, 3.05) is 4.90 Å². The molecule has 3 aliphatic rings. The van der Waals surface area contributed by atoms with E-state index in [1.54, 1.807) is 24.3 Å². The number of nitriles is 1. The maximum atomic E-state index is 13.6. The molecule has 2 aromatic rings. The molecule has 5 rings (SSSR count). The van der Waals surface area contributed by atoms with Crippen molar-refractivity contribution in [2.24, 2.45) is 5.92 Å². The fourth-order valence-corrected chi connectivity index (χ4v) is 5.61. The first-order valence-electron chi connectivity index (χ1n) is 11.5. The van der Waals surface area contributed by atoms with Gasteiger partial charge in [0.05, 0.1) is 12.1 Å². The lowest BCUT2D eigenvalue weighted by molar-refractivity contribution is -0.135. The standard InChI is InChI=1S/C26H27N3O3/c27-16-4-9-24(31)28(18-12-13-18)25-20-5-1-2-7-22(20)29(23-8-3-6-21(23)25)26(32)17-10-14-19(30)15-11-17/h1-2,5,7,10-11,14-15,18,21,23,25,30H,3-4,6,8-9,12-13H2. The van der Waals surface area contributed by atoms with Crippen molar-refractivity contribution in [3.05, 3.63) is 59.7 Å². The van der Waals surface area contributed by atoms with Gasteiger partial charge in [0.25, 0.3) is 5.91 Å². The minimum Gasteiger partial charge on any atom is -0.508 e. The fourth-order valence-electron chi connectivity index (χ4n) is 5.61. The average Bonchev–Trinajstić information content (AvgIpc) is 3.53. The van der Waals surface area contributed by atoms with Gasteiger partial charge in [0, 0.05) is 42.1 Å². The molecular weight excluding hydrogens is 402 g/mol. The Morgan fingerprint density at radius 3 is 2.53 bits per heavy atom. The van der Waals surface area contributed by atoms with E-state index < -0.39 is 0 Å². The molecule has 2 aliphatic carbocycles. The van der Waals surface area contributed by atoms with Gasteiger partial charge < -0.3 is 14.9 Å². The Bertz CT molecular complexity index is 1070. The molecule has 32 heavy (non-hydrogen) atoms. The molecule has 2 saturated carbocycles. The molecule has 3 unspecified atom stereocenters. The monoisotopic (exact) mass is 429 g/mol. The second kappa shape index (κ2) is 8.31. The van der Waals surface area contributed by atoms with Gasteiger partial charge in [-0.25, -0.2) is 0 Å². The zero-order valence-electron chi connectivity index (χ0n) is 18.0. The zero-order valence-corrected chi connectivity index (χ0v) is 18.0. The Labute approximate surface area is 188 Å². The number of phenolic OH excluding ortho intramolecular Hbond substituents is 1. The summed E-state index contributed by atoms with van der Waals surface area (Å²) in [5.41, 5.74) is 2.45. The summed E-state index contributed by atoms with van der Waals surface area (Å²) >= 11 is 0. The maximum Gasteiger partial charge on any atom is 0.258 e. The highest BCUT2D eigenvalue weighted by molar-refractivity contribution is 6.07. The van der Waals surface area contributed by atoms with Crippen molar-refractivity contribution in [2.45, 2.75) is 63.1 Å². The van der Waals surface area contributed by atoms with Crippen LogP contribution < -0.4 is 4.90 Å². The van der Waals surface area contributed by atoms with Gasteiger partial charge in [-0.1, -0.05) is 24.6 Å². The molecule has 0 spiro atoms. The Kier molecular flexibility index (Phi) is 5.34. The van der Waals surface area contributed by atoms with Crippen molar-refractivity contribution >= 4 is 17.5 Å². The van der Waals surface area contributed by atoms with Crippen LogP contribution in [0.2, 0.25) is 0 Å². The van der Waals surface area contributed by atoms with Crippen LogP contribution in [-0.4, -0.2) is 33.9 Å². The van der Waals surface area contributed by atoms with E-state index in [1.807, 2.05) is 23.1 Å². The van der Waals surface area contributed by atoms with E-state index in [2.05, 4.69) is 17.0 Å². The highest BCUT2D eigenvalue weighted by Crippen LogP contribution is 2.52. The van der Waals surface area contributed by atoms with Gasteiger partial charge >= 0.3 is 0 Å². The second-order valence-corrected chi connectivity index (χ2v) is 9.08. The van der Waals surface area contributed by atoms with E-state index in [0.717, 1.165) is 43.4 Å². The minimum absolute atomic E-state index is 0.0289. The first kappa shape index (κ1) is 20.6. The Balaban J connectivity index is 1.57. The van der Waals surface area contributed by atoms with Gasteiger partial charge in [0.15, 0.2) is 0 Å². The number of nitrogens with zero attached hydrogens (tertiary/aromatic N) is 3. The van der Waals surface area contributed by atoms with Crippen LogP contribution in [0, 0.1) is 17.2 Å². The third-order valence-electron chi connectivity index (χ3n) is 7.10. The molecular formula is C26H27N3O3. The topological polar surface area (TPSA) is 84.6 Å². The SMILES string of the molecule is N#CCCC(=O)N(C1CC1)C1c2ccccc2N(C(=O)c2ccc(O)cc2)C2CCCC21. The molecule has 1 aliphatic heterocycles. The van der Waals surface area contributed by atoms with Crippen LogP contribution in [0.3, 0.4) is 0 Å². The van der Waals surface area contributed by atoms with Crippen molar-refractivity contribution in [1.82, 2.24) is 4.90 Å². The molecule has 0 saturated heterocycles. The molecule has 0 bridgehead atoms. The predicted octanol–water partition coefficient (Wildman–Crippen LogP) is 4.56. The first-order chi connectivity index (χ1) is 15.6. The summed E-state index contributed by atoms with van der Waals surface area (Å²) in [5, 5.41) is 18.7. The third kappa shape index (κ3) is 3.52. The lowest BCUT2D eigenvalue weighted by Gasteiger charge is -2.48. The quantitative estimate of drug-likeness (QED) is 0.755. The fraction of sp³-hybridized carbons (Fsp3) is 0.423. The van der Waals surface area contributed by atoms with E-state index in [0.29, 0.717) is 5.56 Å². The van der Waals surface area contributed by atoms with E-state index in [1.165, 1.54) is 0 Å². The maximum absolute atomic E-state index is 13.6. The van der Waals surface area contributed by atoms with E-state index >= 15 is 0 Å². The Hall–Kier alpha value is -3.33. The van der Waals surface area contributed by atoms with Crippen LogP contribution in [0.1, 0.15) is 66.9 Å². The van der Waals surface area contributed by atoms with Gasteiger partial charge in [-0.2, -0.15) is 5.26 Å². The van der Waals surface area contributed by atoms with Crippen molar-refractivity contribution in [1.29, 1.82) is 5.26 Å². The largest absolute Gasteiger partial charge is 0.508 e. The number of fused-ring (bicyclic) bond motifs is 2. The van der Waals surface area contributed by atoms with Gasteiger partial charge in [0.2, 0.25) is 5.91 Å². The van der Waals surface area contributed by atoms with E-state index in [-0.39, 0.29) is 54.4 Å². The van der Waals surface area contributed by atoms with Gasteiger partial charge in [0.1, 0.15) is 5.75 Å². The summed E-state index contributed by atoms with van der Waals surface area (Å²) in [6.45, 7) is 0. The third-order valence-corrected chi connectivity index (χ3v) is 7.10. The first-order valence-corrected chi connectivity index (χ1v) is 11.5. The molecule has 1 heterocycles. The molecule has 1 N–H and O–H groups in total. The van der Waals surface area contributed by atoms with Gasteiger partial charge in [-0.3, -0.25) is 9.59 Å². The van der Waals surface area contributed by atoms with Crippen LogP contribution in [0.5, 0.6) is 5.75 Å². The lowest BCUT2D eigenvalue weighted by atomic mass is 9.81. The molecule has 2 fully saturated rings. The number of para-hydroxylation sites is 1. The van der Waals surface area contributed by atoms with Crippen LogP contribution in [-0.2, 0) is 4.79 Å². The van der Waals surface area contributed by atoms with Gasteiger partial charge in [-0.15, -0.1) is 0 Å². The summed E-state index contributed by atoms with van der Waals surface area (Å²) in [4.78, 5) is 30.9. The summed E-state index contributed by atoms with van der Waals surface area (Å²) in [5.74, 6) is 0.298. The van der Waals surface area contributed by atoms with Gasteiger partial charge in [-0.05, 0) is 61.6 Å². The smallest absolute Gasteiger partial charge is 0.258 e. The molecule has 164 valence electrons. The van der Waals surface area contributed by atoms with Crippen LogP contribution >= 0.6 is 0 Å². The summed E-state index contributed by atoms with van der Waals surface area (Å²) in [7, 11) is 0. The highest BCUT2D eigenvalue weighted by atomic mass is 16.3. The zero-order chi connectivity index (χ0) is 22.2. The van der Waals surface area contributed by atoms with Crippen LogP contribution in [0.15, 0.2) is 48.5 Å². The molecule has 6 heteroatoms. The number of aromatic hydroxyl groups is 1. The number of hydrogen-bond acceptors (Lipinski definition) is 4. The van der Waals surface area contributed by atoms with Crippen molar-refractivity contribution < 1.29 is 14.7 Å². The summed E-state index contributed by atoms with van der Waals surface area (Å²) < 4.78 is 0. The molecule has 3 atom stereocenters. The molecule has 2 amide bonds. The minimum atomic E-state index is -0.0680.